The largest absolute Gasteiger partial charge is 0.473 e. The fourth-order valence-corrected chi connectivity index (χ4v) is 11.4. The number of hydrogen-bond donors (Lipinski definition) is 0. The molecule has 94 heavy (non-hydrogen) atoms. The summed E-state index contributed by atoms with van der Waals surface area (Å²) in [6.45, 7) is 36.7. The van der Waals surface area contributed by atoms with Gasteiger partial charge in [-0.1, -0.05) is 348 Å². The van der Waals surface area contributed by atoms with Crippen molar-refractivity contribution in [3.05, 3.63) is 352 Å². The molecule has 0 amide bonds. The van der Waals surface area contributed by atoms with Gasteiger partial charge in [0.2, 0.25) is 0 Å². The molecular weight excluding hydrogens is 1160 g/mol. The van der Waals surface area contributed by atoms with Crippen molar-refractivity contribution in [2.45, 2.75) is 162 Å². The van der Waals surface area contributed by atoms with Crippen molar-refractivity contribution in [3.63, 3.8) is 0 Å². The Hall–Kier alpha value is -8.89. The summed E-state index contributed by atoms with van der Waals surface area (Å²) in [6.07, 6.45) is 6.11. The second-order valence-corrected chi connectivity index (χ2v) is 24.9. The molecule has 3 heteroatoms. The molecule has 2 nitrogen and oxygen atoms in total. The zero-order chi connectivity index (χ0) is 66.9. The predicted octanol–water partition coefficient (Wildman–Crippen LogP) is 28.1. The maximum atomic E-state index is 4.58. The molecule has 0 atom stereocenters. The van der Waals surface area contributed by atoms with Crippen LogP contribution in [0, 0.1) is 20.8 Å². The Bertz CT molecular complexity index is 3910. The third kappa shape index (κ3) is 23.6. The minimum atomic E-state index is 0. The van der Waals surface area contributed by atoms with Crippen molar-refractivity contribution < 1.29 is 4.42 Å². The first-order chi connectivity index (χ1) is 44.6. The summed E-state index contributed by atoms with van der Waals surface area (Å²) < 4.78 is 4.58. The maximum Gasteiger partial charge on any atom is 0.0902 e. The van der Waals surface area contributed by atoms with Crippen LogP contribution in [0.5, 0.6) is 0 Å². The molecule has 3 aromatic heterocycles. The number of fused-ring (bicyclic) bond motifs is 9. The minimum absolute atomic E-state index is 0. The van der Waals surface area contributed by atoms with E-state index < -0.39 is 0 Å². The predicted molar refractivity (Wildman–Crippen MR) is 421 cm³/mol. The normalized spacial score (nSPS) is 10.9. The van der Waals surface area contributed by atoms with Crippen LogP contribution in [0.2, 0.25) is 0 Å². The van der Waals surface area contributed by atoms with Gasteiger partial charge in [0.25, 0.3) is 0 Å². The average Bonchev–Trinajstić information content (AvgIpc) is 1.16. The van der Waals surface area contributed by atoms with Gasteiger partial charge in [0.05, 0.1) is 12.5 Å². The van der Waals surface area contributed by atoms with Gasteiger partial charge in [-0.05, 0) is 172 Å². The number of furan rings is 1. The van der Waals surface area contributed by atoms with Crippen molar-refractivity contribution in [2.75, 3.05) is 0 Å². The molecule has 0 fully saturated rings. The molecule has 15 rings (SSSR count). The molecule has 492 valence electrons. The number of aromatic nitrogens is 1. The molecule has 2 aliphatic carbocycles. The van der Waals surface area contributed by atoms with E-state index in [-0.39, 0.29) is 25.7 Å². The third-order valence-electron chi connectivity index (χ3n) is 15.8. The standard InChI is InChI=1S/C23H30.C15H12.C14H12.C11H10.C6H7N.C6H6.C4H4O.C4H4S.3C2H6.2CH4/c1-15-20-13-18(22(2,3)4)10-8-16(20)12-17-9-11-19(14-21(15)17)23(5,6)7;1-11-10-12-6-2-3-8-14(12)15-9-5-4-7-13(11)15;1-10-11-6-2-4-8-13(11)14-9-5-3-7-12(10)14;1-9-5-4-7-10-6-2-3-8-11(9)10;1-6-4-2-3-5-7-6;1-2-4-6-5-3-1;2*1-2-4-5-3-1;3*1-2;;/h8-11,13-15H,12H2,1-7H3;2-10H,1H3;2-10H,1H3;2-8H,1H3;2-5H,1H3;1-6H;2*1-4H;3*1-2H3;2*1H4. The number of nitrogens with zero attached hydrogens (tertiary/aromatic N) is 1. The lowest BCUT2D eigenvalue weighted by atomic mass is 9.74. The summed E-state index contributed by atoms with van der Waals surface area (Å²) in [7, 11) is 0. The van der Waals surface area contributed by atoms with Gasteiger partial charge in [-0.2, -0.15) is 11.3 Å². The Labute approximate surface area is 573 Å². The van der Waals surface area contributed by atoms with E-state index in [4.69, 9.17) is 0 Å². The summed E-state index contributed by atoms with van der Waals surface area (Å²) in [5.41, 5.74) is 18.9. The third-order valence-corrected chi connectivity index (χ3v) is 16.4. The molecule has 0 saturated carbocycles. The second kappa shape index (κ2) is 41.6. The van der Waals surface area contributed by atoms with Crippen LogP contribution in [0.25, 0.3) is 43.4 Å². The van der Waals surface area contributed by atoms with Crippen LogP contribution in [0.4, 0.5) is 0 Å². The molecule has 10 aromatic carbocycles. The molecule has 0 spiro atoms. The molecule has 0 aliphatic heterocycles. The van der Waals surface area contributed by atoms with Gasteiger partial charge < -0.3 is 4.42 Å². The van der Waals surface area contributed by atoms with Crippen molar-refractivity contribution in [2.24, 2.45) is 0 Å². The Balaban J connectivity index is 0.000000289. The highest BCUT2D eigenvalue weighted by Crippen LogP contribution is 2.44. The van der Waals surface area contributed by atoms with Gasteiger partial charge in [0.15, 0.2) is 0 Å². The van der Waals surface area contributed by atoms with Crippen LogP contribution in [0.3, 0.4) is 0 Å². The quantitative estimate of drug-likeness (QED) is 0.141. The monoisotopic (exact) mass is 1270 g/mol. The summed E-state index contributed by atoms with van der Waals surface area (Å²) in [6, 6.07) is 91.5. The molecule has 0 N–H and O–H groups in total. The molecule has 0 saturated heterocycles. The lowest BCUT2D eigenvalue weighted by Gasteiger charge is -2.30. The zero-order valence-electron chi connectivity index (χ0n) is 58.3. The van der Waals surface area contributed by atoms with Gasteiger partial charge in [0, 0.05) is 23.7 Å². The SMILES string of the molecule is C.C.CC.CC.CC.CC1c2cc(C(C)(C)C)ccc2Cc2ccc(C(C)(C)C)cc21.CC1c2ccccc2-c2ccccc21.Cc1cc2ccccc2c2ccccc12.Cc1cccc2ccccc12.Cc1ccccn1.c1ccccc1.c1ccoc1.c1ccsc1. The highest BCUT2D eigenvalue weighted by Gasteiger charge is 2.27. The van der Waals surface area contributed by atoms with Crippen LogP contribution >= 0.6 is 11.3 Å². The van der Waals surface area contributed by atoms with E-state index in [0.29, 0.717) is 11.8 Å². The molecule has 3 heterocycles. The van der Waals surface area contributed by atoms with Crippen LogP contribution < -0.4 is 0 Å². The summed E-state index contributed by atoms with van der Waals surface area (Å²) in [5.74, 6) is 1.04. The minimum Gasteiger partial charge on any atom is -0.473 e. The summed E-state index contributed by atoms with van der Waals surface area (Å²) in [4.78, 5) is 3.98. The highest BCUT2D eigenvalue weighted by atomic mass is 32.1. The number of hydrogen-bond acceptors (Lipinski definition) is 3. The maximum absolute atomic E-state index is 4.58. The van der Waals surface area contributed by atoms with Crippen molar-refractivity contribution in [3.8, 4) is 11.1 Å². The first-order valence-electron chi connectivity index (χ1n) is 33.2. The van der Waals surface area contributed by atoms with Gasteiger partial charge in [-0.15, -0.1) is 0 Å². The summed E-state index contributed by atoms with van der Waals surface area (Å²) >= 11 is 1.71. The fraction of sp³-hybridized carbons (Fsp3) is 0.264. The van der Waals surface area contributed by atoms with Crippen molar-refractivity contribution in [1.29, 1.82) is 0 Å². The Morgan fingerprint density at radius 1 is 0.362 bits per heavy atom. The molecule has 2 aliphatic rings. The van der Waals surface area contributed by atoms with E-state index in [0.717, 1.165) is 12.1 Å². The van der Waals surface area contributed by atoms with E-state index in [9.17, 15) is 0 Å². The van der Waals surface area contributed by atoms with Gasteiger partial charge in [0.1, 0.15) is 0 Å². The Kier molecular flexibility index (Phi) is 35.2. The first kappa shape index (κ1) is 79.3. The lowest BCUT2D eigenvalue weighted by molar-refractivity contribution is 0.567. The zero-order valence-corrected chi connectivity index (χ0v) is 59.2. The van der Waals surface area contributed by atoms with Gasteiger partial charge in [-0.25, -0.2) is 0 Å². The van der Waals surface area contributed by atoms with E-state index in [1.807, 2.05) is 138 Å². The molecular formula is C91H111NOS. The second-order valence-electron chi connectivity index (χ2n) is 24.1. The Morgan fingerprint density at radius 2 is 0.777 bits per heavy atom. The first-order valence-corrected chi connectivity index (χ1v) is 34.1. The van der Waals surface area contributed by atoms with Crippen LogP contribution in [0.15, 0.2) is 295 Å². The van der Waals surface area contributed by atoms with Crippen molar-refractivity contribution in [1.82, 2.24) is 4.98 Å². The number of aryl methyl sites for hydroxylation is 3. The topological polar surface area (TPSA) is 26.0 Å². The number of thiophene rings is 1. The van der Waals surface area contributed by atoms with E-state index in [2.05, 4.69) is 261 Å². The molecule has 0 unspecified atom stereocenters. The number of pyridine rings is 1. The summed E-state index contributed by atoms with van der Waals surface area (Å²) in [5, 5.41) is 12.2. The highest BCUT2D eigenvalue weighted by molar-refractivity contribution is 7.07. The van der Waals surface area contributed by atoms with Crippen LogP contribution in [-0.4, -0.2) is 4.98 Å². The number of benzene rings is 10. The van der Waals surface area contributed by atoms with Crippen molar-refractivity contribution >= 4 is 43.7 Å². The molecule has 0 radical (unpaired) electrons. The Morgan fingerprint density at radius 3 is 1.19 bits per heavy atom. The lowest BCUT2D eigenvalue weighted by Crippen LogP contribution is -2.18. The van der Waals surface area contributed by atoms with E-state index in [1.54, 1.807) is 30.1 Å². The average molecular weight is 1270 g/mol. The molecule has 13 aromatic rings. The van der Waals surface area contributed by atoms with Crippen LogP contribution in [0.1, 0.15) is 185 Å². The smallest absolute Gasteiger partial charge is 0.0902 e. The van der Waals surface area contributed by atoms with E-state index >= 15 is 0 Å². The fourth-order valence-electron chi connectivity index (χ4n) is 10.9. The van der Waals surface area contributed by atoms with E-state index in [1.165, 1.54) is 99.1 Å². The molecule has 0 bridgehead atoms. The number of rotatable bonds is 0. The van der Waals surface area contributed by atoms with Gasteiger partial charge in [-0.3, -0.25) is 4.98 Å². The van der Waals surface area contributed by atoms with Crippen LogP contribution in [-0.2, 0) is 17.3 Å². The van der Waals surface area contributed by atoms with Gasteiger partial charge >= 0.3 is 0 Å².